The molecule has 0 radical (unpaired) electrons. The zero-order valence-electron chi connectivity index (χ0n) is 12.0. The first kappa shape index (κ1) is 15.3. The van der Waals surface area contributed by atoms with Crippen molar-refractivity contribution in [2.24, 2.45) is 0 Å². The molecule has 2 N–H and O–H groups in total. The number of aryl methyl sites for hydroxylation is 1. The summed E-state index contributed by atoms with van der Waals surface area (Å²) in [4.78, 5) is 23.4. The van der Waals surface area contributed by atoms with Gasteiger partial charge in [0, 0.05) is 5.69 Å². The van der Waals surface area contributed by atoms with E-state index in [1.165, 1.54) is 12.1 Å². The minimum absolute atomic E-state index is 0.0642. The second-order valence-electron chi connectivity index (χ2n) is 4.64. The van der Waals surface area contributed by atoms with E-state index < -0.39 is 11.9 Å². The Hall–Kier alpha value is -3.13. The number of carbonyl (C=O) groups is 2. The maximum atomic E-state index is 12.2. The van der Waals surface area contributed by atoms with E-state index in [0.717, 1.165) is 12.0 Å². The number of nitrogens with zero attached hydrogens (tertiary/aromatic N) is 1. The fourth-order valence-corrected chi connectivity index (χ4v) is 2.13. The molecule has 1 amide bonds. The van der Waals surface area contributed by atoms with Gasteiger partial charge in [0.05, 0.1) is 22.8 Å². The summed E-state index contributed by atoms with van der Waals surface area (Å²) >= 11 is 0. The van der Waals surface area contributed by atoms with Crippen molar-refractivity contribution in [2.75, 3.05) is 5.32 Å². The van der Waals surface area contributed by atoms with Crippen molar-refractivity contribution in [1.29, 1.82) is 5.26 Å². The van der Waals surface area contributed by atoms with Crippen molar-refractivity contribution in [3.8, 4) is 6.07 Å². The maximum absolute atomic E-state index is 12.2. The van der Waals surface area contributed by atoms with Gasteiger partial charge in [0.25, 0.3) is 5.91 Å². The van der Waals surface area contributed by atoms with E-state index in [1.807, 2.05) is 6.92 Å². The fraction of sp³-hybridized carbons (Fsp3) is 0.118. The third-order valence-electron chi connectivity index (χ3n) is 3.27. The molecule has 0 heterocycles. The number of carboxylic acid groups (broad SMARTS) is 1. The number of nitriles is 1. The minimum Gasteiger partial charge on any atom is -0.478 e. The molecular weight excluding hydrogens is 280 g/mol. The second-order valence-corrected chi connectivity index (χ2v) is 4.64. The molecule has 2 rings (SSSR count). The van der Waals surface area contributed by atoms with E-state index in [2.05, 4.69) is 11.4 Å². The van der Waals surface area contributed by atoms with Gasteiger partial charge in [0.15, 0.2) is 0 Å². The first-order valence-corrected chi connectivity index (χ1v) is 6.73. The van der Waals surface area contributed by atoms with Gasteiger partial charge in [-0.3, -0.25) is 4.79 Å². The van der Waals surface area contributed by atoms with Crippen LogP contribution < -0.4 is 5.32 Å². The highest BCUT2D eigenvalue weighted by Gasteiger charge is 2.16. The van der Waals surface area contributed by atoms with Crippen molar-refractivity contribution in [1.82, 2.24) is 0 Å². The lowest BCUT2D eigenvalue weighted by atomic mass is 10.0. The lowest BCUT2D eigenvalue weighted by Crippen LogP contribution is -2.16. The van der Waals surface area contributed by atoms with Crippen LogP contribution in [0.5, 0.6) is 0 Å². The monoisotopic (exact) mass is 294 g/mol. The molecule has 0 aliphatic rings. The van der Waals surface area contributed by atoms with Gasteiger partial charge in [-0.05, 0) is 36.2 Å². The number of carboxylic acids is 1. The average Bonchev–Trinajstić information content (AvgIpc) is 2.54. The number of benzene rings is 2. The molecule has 110 valence electrons. The summed E-state index contributed by atoms with van der Waals surface area (Å²) in [6, 6.07) is 13.1. The van der Waals surface area contributed by atoms with Crippen LogP contribution in [-0.2, 0) is 6.42 Å². The smallest absolute Gasteiger partial charge is 0.336 e. The quantitative estimate of drug-likeness (QED) is 0.906. The van der Waals surface area contributed by atoms with Gasteiger partial charge in [0.1, 0.15) is 0 Å². The van der Waals surface area contributed by atoms with E-state index in [4.69, 9.17) is 10.4 Å². The first-order chi connectivity index (χ1) is 10.6. The Balaban J connectivity index is 2.30. The number of rotatable bonds is 4. The lowest BCUT2D eigenvalue weighted by Gasteiger charge is -2.09. The van der Waals surface area contributed by atoms with Gasteiger partial charge >= 0.3 is 5.97 Å². The van der Waals surface area contributed by atoms with Crippen LogP contribution in [-0.4, -0.2) is 17.0 Å². The summed E-state index contributed by atoms with van der Waals surface area (Å²) in [5.74, 6) is -1.68. The summed E-state index contributed by atoms with van der Waals surface area (Å²) in [7, 11) is 0. The normalized spacial score (nSPS) is 9.82. The fourth-order valence-electron chi connectivity index (χ4n) is 2.13. The molecular formula is C17H14N2O3. The third kappa shape index (κ3) is 3.13. The van der Waals surface area contributed by atoms with Crippen LogP contribution in [0.4, 0.5) is 5.69 Å². The van der Waals surface area contributed by atoms with E-state index in [9.17, 15) is 9.59 Å². The maximum Gasteiger partial charge on any atom is 0.336 e. The van der Waals surface area contributed by atoms with Gasteiger partial charge in [-0.2, -0.15) is 5.26 Å². The van der Waals surface area contributed by atoms with Crippen molar-refractivity contribution >= 4 is 17.6 Å². The molecule has 2 aromatic carbocycles. The van der Waals surface area contributed by atoms with Gasteiger partial charge < -0.3 is 10.4 Å². The predicted molar refractivity (Wildman–Crippen MR) is 81.9 cm³/mol. The lowest BCUT2D eigenvalue weighted by molar-refractivity contribution is 0.0692. The highest BCUT2D eigenvalue weighted by atomic mass is 16.4. The van der Waals surface area contributed by atoms with Crippen molar-refractivity contribution in [3.63, 3.8) is 0 Å². The molecule has 0 unspecified atom stereocenters. The standard InChI is InChI=1S/C17H14N2O3/c1-2-11-7-8-13(9-12(11)10-18)19-16(20)14-5-3-4-6-15(14)17(21)22/h3-9H,2H2,1H3,(H,19,20)(H,21,22). The summed E-state index contributed by atoms with van der Waals surface area (Å²) in [5.41, 5.74) is 1.86. The molecule has 0 atom stereocenters. The van der Waals surface area contributed by atoms with Gasteiger partial charge in [-0.1, -0.05) is 25.1 Å². The highest BCUT2D eigenvalue weighted by Crippen LogP contribution is 2.18. The van der Waals surface area contributed by atoms with E-state index in [-0.39, 0.29) is 11.1 Å². The topological polar surface area (TPSA) is 90.2 Å². The molecule has 5 nitrogen and oxygen atoms in total. The molecule has 0 aliphatic heterocycles. The Morgan fingerprint density at radius 2 is 1.86 bits per heavy atom. The number of nitrogens with one attached hydrogen (secondary N) is 1. The second kappa shape index (κ2) is 6.55. The predicted octanol–water partition coefficient (Wildman–Crippen LogP) is 3.07. The Kier molecular flexibility index (Phi) is 4.54. The average molecular weight is 294 g/mol. The molecule has 22 heavy (non-hydrogen) atoms. The molecule has 0 aromatic heterocycles. The van der Waals surface area contributed by atoms with E-state index in [0.29, 0.717) is 11.3 Å². The van der Waals surface area contributed by atoms with E-state index >= 15 is 0 Å². The van der Waals surface area contributed by atoms with Crippen LogP contribution in [0, 0.1) is 11.3 Å². The van der Waals surface area contributed by atoms with Crippen molar-refractivity contribution < 1.29 is 14.7 Å². The Morgan fingerprint density at radius 3 is 2.45 bits per heavy atom. The van der Waals surface area contributed by atoms with Crippen molar-refractivity contribution in [2.45, 2.75) is 13.3 Å². The molecule has 0 spiro atoms. The summed E-state index contributed by atoms with van der Waals surface area (Å²) in [6.45, 7) is 1.94. The van der Waals surface area contributed by atoms with Crippen LogP contribution in [0.3, 0.4) is 0 Å². The summed E-state index contributed by atoms with van der Waals surface area (Å²) in [6.07, 6.45) is 0.721. The molecule has 2 aromatic rings. The van der Waals surface area contributed by atoms with Crippen molar-refractivity contribution in [3.05, 3.63) is 64.7 Å². The highest BCUT2D eigenvalue weighted by molar-refractivity contribution is 6.10. The van der Waals surface area contributed by atoms with Crippen LogP contribution in [0.15, 0.2) is 42.5 Å². The SMILES string of the molecule is CCc1ccc(NC(=O)c2ccccc2C(=O)O)cc1C#N. The van der Waals surface area contributed by atoms with Crippen LogP contribution in [0.2, 0.25) is 0 Å². The Labute approximate surface area is 127 Å². The van der Waals surface area contributed by atoms with Gasteiger partial charge in [-0.25, -0.2) is 4.79 Å². The number of amides is 1. The number of anilines is 1. The van der Waals surface area contributed by atoms with Gasteiger partial charge in [-0.15, -0.1) is 0 Å². The number of aromatic carboxylic acids is 1. The van der Waals surface area contributed by atoms with E-state index in [1.54, 1.807) is 30.3 Å². The number of hydrogen-bond donors (Lipinski definition) is 2. The van der Waals surface area contributed by atoms with Gasteiger partial charge in [0.2, 0.25) is 0 Å². The van der Waals surface area contributed by atoms with Crippen LogP contribution in [0.25, 0.3) is 0 Å². The van der Waals surface area contributed by atoms with Crippen LogP contribution >= 0.6 is 0 Å². The molecule has 5 heteroatoms. The molecule has 0 bridgehead atoms. The minimum atomic E-state index is -1.16. The van der Waals surface area contributed by atoms with Crippen LogP contribution in [0.1, 0.15) is 38.8 Å². The Morgan fingerprint density at radius 1 is 1.18 bits per heavy atom. The number of hydrogen-bond acceptors (Lipinski definition) is 3. The molecule has 0 saturated carbocycles. The zero-order valence-corrected chi connectivity index (χ0v) is 12.0. The molecule has 0 fully saturated rings. The zero-order chi connectivity index (χ0) is 16.1. The third-order valence-corrected chi connectivity index (χ3v) is 3.27. The largest absolute Gasteiger partial charge is 0.478 e. The Bertz CT molecular complexity index is 776. The summed E-state index contributed by atoms with van der Waals surface area (Å²) in [5, 5.41) is 20.8. The molecule has 0 saturated heterocycles. The summed E-state index contributed by atoms with van der Waals surface area (Å²) < 4.78 is 0. The molecule has 0 aliphatic carbocycles. The first-order valence-electron chi connectivity index (χ1n) is 6.73. The number of carbonyl (C=O) groups excluding carboxylic acids is 1.